The first-order valence-electron chi connectivity index (χ1n) is 10.0. The molecule has 0 saturated carbocycles. The fourth-order valence-corrected chi connectivity index (χ4v) is 3.29. The van der Waals surface area contributed by atoms with Gasteiger partial charge >= 0.3 is 0 Å². The molecule has 0 saturated heterocycles. The van der Waals surface area contributed by atoms with Crippen molar-refractivity contribution < 1.29 is 14.1 Å². The van der Waals surface area contributed by atoms with E-state index in [1.165, 1.54) is 24.1 Å². The van der Waals surface area contributed by atoms with Crippen LogP contribution < -0.4 is 15.6 Å². The highest BCUT2D eigenvalue weighted by atomic mass is 16.5. The zero-order chi connectivity index (χ0) is 23.5. The van der Waals surface area contributed by atoms with Crippen LogP contribution in [-0.4, -0.2) is 42.7 Å². The van der Waals surface area contributed by atoms with Gasteiger partial charge in [0.25, 0.3) is 11.5 Å². The van der Waals surface area contributed by atoms with Crippen LogP contribution in [0.3, 0.4) is 0 Å². The number of methoxy groups -OCH3 is 1. The predicted octanol–water partition coefficient (Wildman–Crippen LogP) is 2.10. The predicted molar refractivity (Wildman–Crippen MR) is 117 cm³/mol. The fourth-order valence-electron chi connectivity index (χ4n) is 3.29. The maximum atomic E-state index is 13.0. The number of hydrogen-bond acceptors (Lipinski definition) is 9. The quantitative estimate of drug-likeness (QED) is 0.471. The van der Waals surface area contributed by atoms with E-state index in [0.717, 1.165) is 0 Å². The number of rotatable bonds is 6. The average Bonchev–Trinajstić information content (AvgIpc) is 3.27. The van der Waals surface area contributed by atoms with Crippen LogP contribution in [0, 0.1) is 6.92 Å². The third-order valence-electron chi connectivity index (χ3n) is 4.98. The standard InChI is InChI=1S/C22H21N7O4/c1-12(21-27-17(10-19(30)29(21)3)16-7-8-23-11-24-16)25-22(31)15-6-5-14(9-18(15)32-4)20-26-13(2)33-28-20/h5-12H,1-4H3,(H,25,31). The highest BCUT2D eigenvalue weighted by molar-refractivity contribution is 5.97. The summed E-state index contributed by atoms with van der Waals surface area (Å²) in [7, 11) is 3.07. The summed E-state index contributed by atoms with van der Waals surface area (Å²) in [5, 5.41) is 6.76. The van der Waals surface area contributed by atoms with Crippen molar-refractivity contribution in [3.8, 4) is 28.5 Å². The number of carbonyl (C=O) groups is 1. The van der Waals surface area contributed by atoms with Crippen molar-refractivity contribution in [3.63, 3.8) is 0 Å². The summed E-state index contributed by atoms with van der Waals surface area (Å²) in [5.41, 5.74) is 1.60. The van der Waals surface area contributed by atoms with Crippen LogP contribution in [0.15, 0.2) is 52.2 Å². The minimum Gasteiger partial charge on any atom is -0.496 e. The Morgan fingerprint density at radius 3 is 2.67 bits per heavy atom. The fraction of sp³-hybridized carbons (Fsp3) is 0.227. The van der Waals surface area contributed by atoms with E-state index in [-0.39, 0.29) is 5.56 Å². The van der Waals surface area contributed by atoms with Crippen molar-refractivity contribution in [3.05, 3.63) is 70.5 Å². The van der Waals surface area contributed by atoms with Gasteiger partial charge in [0.15, 0.2) is 0 Å². The Labute approximate surface area is 188 Å². The molecular weight excluding hydrogens is 426 g/mol. The van der Waals surface area contributed by atoms with E-state index in [4.69, 9.17) is 9.26 Å². The molecular formula is C22H21N7O4. The summed E-state index contributed by atoms with van der Waals surface area (Å²) < 4.78 is 11.8. The van der Waals surface area contributed by atoms with Gasteiger partial charge in [-0.2, -0.15) is 4.98 Å². The molecule has 0 aliphatic heterocycles. The molecule has 1 atom stereocenters. The lowest BCUT2D eigenvalue weighted by Crippen LogP contribution is -2.32. The number of hydrogen-bond donors (Lipinski definition) is 1. The van der Waals surface area contributed by atoms with Gasteiger partial charge in [-0.05, 0) is 31.2 Å². The summed E-state index contributed by atoms with van der Waals surface area (Å²) in [6, 6.07) is 7.45. The van der Waals surface area contributed by atoms with Crippen molar-refractivity contribution >= 4 is 5.91 Å². The van der Waals surface area contributed by atoms with Gasteiger partial charge < -0.3 is 14.6 Å². The smallest absolute Gasteiger partial charge is 0.255 e. The molecule has 11 heteroatoms. The molecule has 1 aromatic carbocycles. The second-order valence-corrected chi connectivity index (χ2v) is 7.24. The van der Waals surface area contributed by atoms with Gasteiger partial charge in [-0.1, -0.05) is 5.16 Å². The van der Waals surface area contributed by atoms with E-state index in [2.05, 4.69) is 30.4 Å². The molecule has 33 heavy (non-hydrogen) atoms. The largest absolute Gasteiger partial charge is 0.496 e. The topological polar surface area (TPSA) is 138 Å². The van der Waals surface area contributed by atoms with Gasteiger partial charge in [-0.15, -0.1) is 0 Å². The molecule has 1 amide bonds. The Morgan fingerprint density at radius 2 is 2.00 bits per heavy atom. The zero-order valence-corrected chi connectivity index (χ0v) is 18.4. The maximum absolute atomic E-state index is 13.0. The van der Waals surface area contributed by atoms with Crippen LogP contribution >= 0.6 is 0 Å². The van der Waals surface area contributed by atoms with Crippen LogP contribution in [0.4, 0.5) is 0 Å². The first-order valence-corrected chi connectivity index (χ1v) is 10.0. The lowest BCUT2D eigenvalue weighted by molar-refractivity contribution is 0.0934. The van der Waals surface area contributed by atoms with Gasteiger partial charge in [0.2, 0.25) is 11.7 Å². The summed E-state index contributed by atoms with van der Waals surface area (Å²) in [6.07, 6.45) is 2.95. The molecule has 3 heterocycles. The number of nitrogens with one attached hydrogen (secondary N) is 1. The Hall–Kier alpha value is -4.41. The Kier molecular flexibility index (Phi) is 5.94. The highest BCUT2D eigenvalue weighted by Crippen LogP contribution is 2.26. The minimum atomic E-state index is -0.582. The van der Waals surface area contributed by atoms with Crippen molar-refractivity contribution in [1.29, 1.82) is 0 Å². The summed E-state index contributed by atoms with van der Waals surface area (Å²) in [5.74, 6) is 1.16. The molecule has 1 N–H and O–H groups in total. The van der Waals surface area contributed by atoms with Crippen LogP contribution in [0.25, 0.3) is 22.8 Å². The van der Waals surface area contributed by atoms with Crippen molar-refractivity contribution in [2.24, 2.45) is 7.05 Å². The molecule has 11 nitrogen and oxygen atoms in total. The number of aryl methyl sites for hydroxylation is 1. The molecule has 4 rings (SSSR count). The Balaban J connectivity index is 1.61. The van der Waals surface area contributed by atoms with Crippen LogP contribution in [0.5, 0.6) is 5.75 Å². The number of aromatic nitrogens is 6. The van der Waals surface area contributed by atoms with E-state index >= 15 is 0 Å². The van der Waals surface area contributed by atoms with E-state index in [1.807, 2.05) is 0 Å². The molecule has 0 spiro atoms. The average molecular weight is 447 g/mol. The molecule has 0 aliphatic rings. The van der Waals surface area contributed by atoms with E-state index in [0.29, 0.717) is 45.8 Å². The van der Waals surface area contributed by atoms with Gasteiger partial charge in [-0.25, -0.2) is 15.0 Å². The lowest BCUT2D eigenvalue weighted by atomic mass is 10.1. The molecule has 0 fully saturated rings. The SMILES string of the molecule is COc1cc(-c2noc(C)n2)ccc1C(=O)NC(C)c1nc(-c2ccncn2)cc(=O)n1C. The summed E-state index contributed by atoms with van der Waals surface area (Å²) in [4.78, 5) is 42.3. The number of carbonyl (C=O) groups excluding carboxylic acids is 1. The van der Waals surface area contributed by atoms with Gasteiger partial charge in [0.1, 0.15) is 17.9 Å². The van der Waals surface area contributed by atoms with E-state index < -0.39 is 11.9 Å². The van der Waals surface area contributed by atoms with E-state index in [9.17, 15) is 9.59 Å². The lowest BCUT2D eigenvalue weighted by Gasteiger charge is -2.18. The third-order valence-corrected chi connectivity index (χ3v) is 4.98. The normalized spacial score (nSPS) is 11.8. The second kappa shape index (κ2) is 8.99. The molecule has 3 aromatic heterocycles. The molecule has 0 radical (unpaired) electrons. The molecule has 0 aliphatic carbocycles. The van der Waals surface area contributed by atoms with Crippen LogP contribution in [0.1, 0.15) is 35.0 Å². The number of nitrogens with zero attached hydrogens (tertiary/aromatic N) is 6. The second-order valence-electron chi connectivity index (χ2n) is 7.24. The summed E-state index contributed by atoms with van der Waals surface area (Å²) >= 11 is 0. The van der Waals surface area contributed by atoms with Gasteiger partial charge in [0.05, 0.1) is 30.1 Å². The number of amides is 1. The van der Waals surface area contributed by atoms with Crippen LogP contribution in [0.2, 0.25) is 0 Å². The first kappa shape index (κ1) is 21.8. The third kappa shape index (κ3) is 4.47. The monoisotopic (exact) mass is 447 g/mol. The molecule has 4 aromatic rings. The van der Waals surface area contributed by atoms with Crippen molar-refractivity contribution in [2.45, 2.75) is 19.9 Å². The maximum Gasteiger partial charge on any atom is 0.255 e. The Morgan fingerprint density at radius 1 is 1.18 bits per heavy atom. The minimum absolute atomic E-state index is 0.271. The Bertz CT molecular complexity index is 1360. The number of benzene rings is 1. The molecule has 1 unspecified atom stereocenters. The van der Waals surface area contributed by atoms with Gasteiger partial charge in [-0.3, -0.25) is 14.2 Å². The van der Waals surface area contributed by atoms with Crippen LogP contribution in [-0.2, 0) is 7.05 Å². The zero-order valence-electron chi connectivity index (χ0n) is 18.4. The molecule has 0 bridgehead atoms. The van der Waals surface area contributed by atoms with E-state index in [1.54, 1.807) is 51.4 Å². The summed E-state index contributed by atoms with van der Waals surface area (Å²) in [6.45, 7) is 3.43. The number of ether oxygens (including phenoxy) is 1. The highest BCUT2D eigenvalue weighted by Gasteiger charge is 2.20. The van der Waals surface area contributed by atoms with Crippen molar-refractivity contribution in [2.75, 3.05) is 7.11 Å². The molecule has 168 valence electrons. The van der Waals surface area contributed by atoms with Gasteiger partial charge in [0, 0.05) is 31.8 Å². The first-order chi connectivity index (χ1) is 15.9. The van der Waals surface area contributed by atoms with Crippen molar-refractivity contribution in [1.82, 2.24) is 35.0 Å².